The van der Waals surface area contributed by atoms with Crippen molar-refractivity contribution in [2.45, 2.75) is 23.8 Å². The summed E-state index contributed by atoms with van der Waals surface area (Å²) in [6.45, 7) is 1.87. The van der Waals surface area contributed by atoms with Crippen LogP contribution in [0, 0.1) is 0 Å². The predicted octanol–water partition coefficient (Wildman–Crippen LogP) is 3.32. The second kappa shape index (κ2) is 5.49. The number of rotatable bonds is 3. The average Bonchev–Trinajstić information content (AvgIpc) is 2.63. The van der Waals surface area contributed by atoms with Gasteiger partial charge in [-0.3, -0.25) is 0 Å². The zero-order chi connectivity index (χ0) is 9.80. The second-order valence-electron chi connectivity index (χ2n) is 3.20. The molecule has 0 bridgehead atoms. The third-order valence-electron chi connectivity index (χ3n) is 2.15. The lowest BCUT2D eigenvalue weighted by Crippen LogP contribution is -2.17. The summed E-state index contributed by atoms with van der Waals surface area (Å²) in [6.07, 6.45) is 4.36. The number of ether oxygens (including phenoxy) is 1. The van der Waals surface area contributed by atoms with Gasteiger partial charge in [0.1, 0.15) is 0 Å². The van der Waals surface area contributed by atoms with Crippen molar-refractivity contribution in [3.05, 3.63) is 15.0 Å². The molecule has 1 fully saturated rings. The van der Waals surface area contributed by atoms with Gasteiger partial charge in [0.2, 0.25) is 0 Å². The summed E-state index contributed by atoms with van der Waals surface area (Å²) < 4.78 is 6.31. The summed E-state index contributed by atoms with van der Waals surface area (Å²) in [5, 5.41) is 0.782. The Morgan fingerprint density at radius 1 is 1.57 bits per heavy atom. The minimum Gasteiger partial charge on any atom is -0.381 e. The quantitative estimate of drug-likeness (QED) is 0.854. The Kier molecular flexibility index (Phi) is 4.28. The van der Waals surface area contributed by atoms with Crippen LogP contribution in [-0.2, 0) is 10.5 Å². The fourth-order valence-electron chi connectivity index (χ4n) is 1.39. The van der Waals surface area contributed by atoms with E-state index in [4.69, 9.17) is 4.74 Å². The van der Waals surface area contributed by atoms with Crippen LogP contribution >= 0.6 is 39.0 Å². The first-order chi connectivity index (χ1) is 6.84. The van der Waals surface area contributed by atoms with Crippen molar-refractivity contribution in [2.75, 3.05) is 13.2 Å². The molecule has 1 aliphatic rings. The van der Waals surface area contributed by atoms with Crippen molar-refractivity contribution in [1.82, 2.24) is 4.98 Å². The third kappa shape index (κ3) is 3.22. The summed E-state index contributed by atoms with van der Waals surface area (Å²) in [5.41, 5.74) is 0. The molecule has 0 radical (unpaired) electrons. The van der Waals surface area contributed by atoms with Gasteiger partial charge in [-0.15, -0.1) is 11.3 Å². The first-order valence-electron chi connectivity index (χ1n) is 4.64. The molecule has 0 atom stereocenters. The molecule has 2 nitrogen and oxygen atoms in total. The normalized spacial score (nSPS) is 18.6. The van der Waals surface area contributed by atoms with E-state index in [1.165, 1.54) is 17.7 Å². The lowest BCUT2D eigenvalue weighted by atomic mass is 10.2. The SMILES string of the molecule is Brc1ncc(CSC2CCOCC2)s1. The first-order valence-corrected chi connectivity index (χ1v) is 7.30. The molecule has 0 unspecified atom stereocenters. The Morgan fingerprint density at radius 2 is 2.36 bits per heavy atom. The van der Waals surface area contributed by atoms with Crippen molar-refractivity contribution >= 4 is 39.0 Å². The lowest BCUT2D eigenvalue weighted by Gasteiger charge is -2.20. The number of hydrogen-bond donors (Lipinski definition) is 0. The van der Waals surface area contributed by atoms with Crippen molar-refractivity contribution < 1.29 is 4.74 Å². The summed E-state index contributed by atoms with van der Waals surface area (Å²) in [4.78, 5) is 5.53. The maximum Gasteiger partial charge on any atom is 0.159 e. The Hall–Kier alpha value is 0.420. The molecule has 0 aromatic carbocycles. The van der Waals surface area contributed by atoms with Gasteiger partial charge in [0.15, 0.2) is 3.92 Å². The summed E-state index contributed by atoms with van der Waals surface area (Å²) in [5.74, 6) is 1.09. The van der Waals surface area contributed by atoms with E-state index in [-0.39, 0.29) is 0 Å². The number of hydrogen-bond acceptors (Lipinski definition) is 4. The molecule has 1 aromatic rings. The van der Waals surface area contributed by atoms with E-state index in [0.29, 0.717) is 0 Å². The van der Waals surface area contributed by atoms with E-state index in [1.54, 1.807) is 11.3 Å². The summed E-state index contributed by atoms with van der Waals surface area (Å²) in [6, 6.07) is 0. The minimum absolute atomic E-state index is 0.782. The molecule has 1 aliphatic heterocycles. The van der Waals surface area contributed by atoms with E-state index in [9.17, 15) is 0 Å². The number of thiazole rings is 1. The van der Waals surface area contributed by atoms with E-state index in [0.717, 1.165) is 28.1 Å². The Labute approximate surface area is 101 Å². The van der Waals surface area contributed by atoms with Crippen molar-refractivity contribution in [1.29, 1.82) is 0 Å². The Balaban J connectivity index is 1.76. The molecule has 14 heavy (non-hydrogen) atoms. The monoisotopic (exact) mass is 293 g/mol. The van der Waals surface area contributed by atoms with Gasteiger partial charge >= 0.3 is 0 Å². The fourth-order valence-corrected chi connectivity index (χ4v) is 3.99. The number of nitrogens with zero attached hydrogens (tertiary/aromatic N) is 1. The fraction of sp³-hybridized carbons (Fsp3) is 0.667. The molecule has 1 aromatic heterocycles. The Bertz CT molecular complexity index is 286. The maximum atomic E-state index is 5.33. The highest BCUT2D eigenvalue weighted by Gasteiger charge is 2.14. The standard InChI is InChI=1S/C9H12BrNOS2/c10-9-11-5-8(14-9)6-13-7-1-3-12-4-2-7/h5,7H,1-4,6H2. The highest BCUT2D eigenvalue weighted by atomic mass is 79.9. The van der Waals surface area contributed by atoms with Crippen LogP contribution in [0.4, 0.5) is 0 Å². The van der Waals surface area contributed by atoms with Crippen LogP contribution in [0.3, 0.4) is 0 Å². The molecule has 2 heterocycles. The Morgan fingerprint density at radius 3 is 3.00 bits per heavy atom. The van der Waals surface area contributed by atoms with Crippen LogP contribution in [0.1, 0.15) is 17.7 Å². The molecule has 5 heteroatoms. The molecule has 2 rings (SSSR count). The number of thioether (sulfide) groups is 1. The third-order valence-corrected chi connectivity index (χ3v) is 5.23. The van der Waals surface area contributed by atoms with Crippen LogP contribution in [0.25, 0.3) is 0 Å². The van der Waals surface area contributed by atoms with Crippen LogP contribution in [0.15, 0.2) is 10.1 Å². The second-order valence-corrected chi connectivity index (χ2v) is 6.88. The van der Waals surface area contributed by atoms with Crippen molar-refractivity contribution in [3.8, 4) is 0 Å². The van der Waals surface area contributed by atoms with Crippen LogP contribution in [-0.4, -0.2) is 23.4 Å². The predicted molar refractivity (Wildman–Crippen MR) is 65.0 cm³/mol. The van der Waals surface area contributed by atoms with Gasteiger partial charge in [0.05, 0.1) is 0 Å². The molecule has 0 spiro atoms. The average molecular weight is 294 g/mol. The van der Waals surface area contributed by atoms with E-state index in [2.05, 4.69) is 20.9 Å². The van der Waals surface area contributed by atoms with Gasteiger partial charge in [-0.25, -0.2) is 4.98 Å². The van der Waals surface area contributed by atoms with E-state index >= 15 is 0 Å². The summed E-state index contributed by atoms with van der Waals surface area (Å²) >= 11 is 7.14. The van der Waals surface area contributed by atoms with Gasteiger partial charge in [0, 0.05) is 35.3 Å². The topological polar surface area (TPSA) is 22.1 Å². The number of aromatic nitrogens is 1. The molecule has 0 amide bonds. The van der Waals surface area contributed by atoms with E-state index in [1.807, 2.05) is 18.0 Å². The van der Waals surface area contributed by atoms with Gasteiger partial charge < -0.3 is 4.74 Å². The highest BCUT2D eigenvalue weighted by Crippen LogP contribution is 2.28. The largest absolute Gasteiger partial charge is 0.381 e. The van der Waals surface area contributed by atoms with Crippen LogP contribution in [0.5, 0.6) is 0 Å². The van der Waals surface area contributed by atoms with Gasteiger partial charge in [-0.2, -0.15) is 11.8 Å². The van der Waals surface area contributed by atoms with Gasteiger partial charge in [0.25, 0.3) is 0 Å². The van der Waals surface area contributed by atoms with Crippen LogP contribution < -0.4 is 0 Å². The molecule has 78 valence electrons. The van der Waals surface area contributed by atoms with Crippen molar-refractivity contribution in [3.63, 3.8) is 0 Å². The molecular formula is C9H12BrNOS2. The van der Waals surface area contributed by atoms with Crippen LogP contribution in [0.2, 0.25) is 0 Å². The molecule has 1 saturated heterocycles. The van der Waals surface area contributed by atoms with Crippen molar-refractivity contribution in [2.24, 2.45) is 0 Å². The summed E-state index contributed by atoms with van der Waals surface area (Å²) in [7, 11) is 0. The molecule has 0 saturated carbocycles. The molecule has 0 aliphatic carbocycles. The van der Waals surface area contributed by atoms with Gasteiger partial charge in [-0.05, 0) is 28.8 Å². The zero-order valence-electron chi connectivity index (χ0n) is 7.74. The molecular weight excluding hydrogens is 282 g/mol. The maximum absolute atomic E-state index is 5.33. The van der Waals surface area contributed by atoms with Gasteiger partial charge in [-0.1, -0.05) is 0 Å². The molecule has 0 N–H and O–H groups in total. The zero-order valence-corrected chi connectivity index (χ0v) is 11.0. The smallest absolute Gasteiger partial charge is 0.159 e. The van der Waals surface area contributed by atoms with E-state index < -0.39 is 0 Å². The lowest BCUT2D eigenvalue weighted by molar-refractivity contribution is 0.1000. The minimum atomic E-state index is 0.782. The number of halogens is 1. The first kappa shape index (κ1) is 10.9. The highest BCUT2D eigenvalue weighted by molar-refractivity contribution is 9.11.